The number of hydrogen-bond donors (Lipinski definition) is 1. The third kappa shape index (κ3) is 3.34. The third-order valence-electron chi connectivity index (χ3n) is 3.41. The smallest absolute Gasteiger partial charge is 0.292 e. The molecule has 3 rings (SSSR count). The van der Waals surface area contributed by atoms with Crippen LogP contribution in [0.2, 0.25) is 0 Å². The summed E-state index contributed by atoms with van der Waals surface area (Å²) in [5, 5.41) is 14.3. The van der Waals surface area contributed by atoms with Gasteiger partial charge in [0.05, 0.1) is 4.92 Å². The average Bonchev–Trinajstić information content (AvgIpc) is 3.08. The number of hydrogen-bond acceptors (Lipinski definition) is 5. The Hall–Kier alpha value is -3.22. The van der Waals surface area contributed by atoms with Gasteiger partial charge in [-0.05, 0) is 36.2 Å². The molecule has 0 unspecified atom stereocenters. The van der Waals surface area contributed by atoms with Crippen molar-refractivity contribution in [2.75, 3.05) is 5.32 Å². The van der Waals surface area contributed by atoms with Crippen molar-refractivity contribution >= 4 is 11.4 Å². The fraction of sp³-hybridized carbons (Fsp3) is 0.125. The van der Waals surface area contributed by atoms with E-state index in [-0.39, 0.29) is 10.6 Å². The topological polar surface area (TPSA) is 85.9 Å². The second-order valence-corrected chi connectivity index (χ2v) is 5.12. The summed E-state index contributed by atoms with van der Waals surface area (Å²) < 4.78 is 1.80. The van der Waals surface area contributed by atoms with Gasteiger partial charge in [0.15, 0.2) is 0 Å². The number of benzene rings is 1. The van der Waals surface area contributed by atoms with Crippen molar-refractivity contribution < 1.29 is 4.92 Å². The largest absolute Gasteiger partial charge is 0.375 e. The number of nitrogens with zero attached hydrogens (tertiary/aromatic N) is 4. The van der Waals surface area contributed by atoms with Crippen molar-refractivity contribution in [3.63, 3.8) is 0 Å². The van der Waals surface area contributed by atoms with Gasteiger partial charge >= 0.3 is 0 Å². The van der Waals surface area contributed by atoms with Gasteiger partial charge in [0, 0.05) is 31.2 Å². The predicted molar refractivity (Wildman–Crippen MR) is 86.5 cm³/mol. The number of rotatable bonds is 5. The molecule has 2 heterocycles. The lowest BCUT2D eigenvalue weighted by Gasteiger charge is -2.09. The van der Waals surface area contributed by atoms with Crippen LogP contribution in [0.5, 0.6) is 0 Å². The molecule has 0 radical (unpaired) electrons. The lowest BCUT2D eigenvalue weighted by atomic mass is 10.2. The average molecular weight is 309 g/mol. The van der Waals surface area contributed by atoms with Crippen LogP contribution in [0, 0.1) is 17.0 Å². The zero-order valence-corrected chi connectivity index (χ0v) is 12.5. The number of aryl methyl sites for hydroxylation is 1. The van der Waals surface area contributed by atoms with Crippen LogP contribution in [0.15, 0.2) is 55.2 Å². The quantitative estimate of drug-likeness (QED) is 0.578. The molecule has 116 valence electrons. The van der Waals surface area contributed by atoms with E-state index in [9.17, 15) is 10.1 Å². The third-order valence-corrected chi connectivity index (χ3v) is 3.41. The van der Waals surface area contributed by atoms with Gasteiger partial charge in [0.2, 0.25) is 0 Å². The normalized spacial score (nSPS) is 10.5. The second kappa shape index (κ2) is 6.27. The fourth-order valence-corrected chi connectivity index (χ4v) is 2.25. The van der Waals surface area contributed by atoms with Crippen LogP contribution in [0.1, 0.15) is 11.1 Å². The number of imidazole rings is 1. The molecule has 0 atom stereocenters. The van der Waals surface area contributed by atoms with E-state index >= 15 is 0 Å². The molecule has 0 aliphatic carbocycles. The molecule has 2 aromatic heterocycles. The number of anilines is 1. The van der Waals surface area contributed by atoms with Crippen molar-refractivity contribution in [2.24, 2.45) is 0 Å². The molecule has 7 heteroatoms. The Morgan fingerprint density at radius 2 is 2.13 bits per heavy atom. The van der Waals surface area contributed by atoms with E-state index in [2.05, 4.69) is 15.3 Å². The Bertz CT molecular complexity index is 830. The maximum Gasteiger partial charge on any atom is 0.292 e. The first-order valence-electron chi connectivity index (χ1n) is 7.05. The van der Waals surface area contributed by atoms with Crippen molar-refractivity contribution in [1.82, 2.24) is 14.5 Å². The van der Waals surface area contributed by atoms with Crippen molar-refractivity contribution in [1.29, 1.82) is 0 Å². The van der Waals surface area contributed by atoms with E-state index in [0.717, 1.165) is 16.9 Å². The van der Waals surface area contributed by atoms with E-state index < -0.39 is 0 Å². The summed E-state index contributed by atoms with van der Waals surface area (Å²) >= 11 is 0. The summed E-state index contributed by atoms with van der Waals surface area (Å²) in [4.78, 5) is 19.0. The SMILES string of the molecule is Cc1ccc(NCc2ccnc(-n3ccnc3)c2)c([N+](=O)[O-])c1. The summed E-state index contributed by atoms with van der Waals surface area (Å²) in [7, 11) is 0. The van der Waals surface area contributed by atoms with E-state index in [1.165, 1.54) is 0 Å². The maximum atomic E-state index is 11.1. The minimum atomic E-state index is -0.376. The van der Waals surface area contributed by atoms with Gasteiger partial charge in [0.25, 0.3) is 5.69 Å². The van der Waals surface area contributed by atoms with Gasteiger partial charge in [-0.2, -0.15) is 0 Å². The summed E-state index contributed by atoms with van der Waals surface area (Å²) in [6, 6.07) is 8.91. The van der Waals surface area contributed by atoms with Gasteiger partial charge in [-0.1, -0.05) is 6.07 Å². The Morgan fingerprint density at radius 3 is 2.87 bits per heavy atom. The number of pyridine rings is 1. The molecule has 0 amide bonds. The fourth-order valence-electron chi connectivity index (χ4n) is 2.25. The van der Waals surface area contributed by atoms with Crippen molar-refractivity contribution in [3.8, 4) is 5.82 Å². The number of nitro groups is 1. The molecule has 1 N–H and O–H groups in total. The second-order valence-electron chi connectivity index (χ2n) is 5.12. The summed E-state index contributed by atoms with van der Waals surface area (Å²) in [6.07, 6.45) is 6.87. The van der Waals surface area contributed by atoms with Gasteiger partial charge in [-0.3, -0.25) is 14.7 Å². The Kier molecular flexibility index (Phi) is 4.01. The van der Waals surface area contributed by atoms with Crippen molar-refractivity contribution in [2.45, 2.75) is 13.5 Å². The van der Waals surface area contributed by atoms with Crippen LogP contribution in [0.3, 0.4) is 0 Å². The number of nitro benzene ring substituents is 1. The first-order valence-corrected chi connectivity index (χ1v) is 7.05. The minimum absolute atomic E-state index is 0.0777. The van der Waals surface area contributed by atoms with E-state index in [1.54, 1.807) is 35.4 Å². The maximum absolute atomic E-state index is 11.1. The number of nitrogens with one attached hydrogen (secondary N) is 1. The first-order chi connectivity index (χ1) is 11.1. The van der Waals surface area contributed by atoms with Crippen LogP contribution in [-0.4, -0.2) is 19.5 Å². The Morgan fingerprint density at radius 1 is 1.26 bits per heavy atom. The highest BCUT2D eigenvalue weighted by molar-refractivity contribution is 5.62. The van der Waals surface area contributed by atoms with E-state index in [0.29, 0.717) is 12.2 Å². The molecule has 0 aliphatic rings. The standard InChI is InChI=1S/C16H15N5O2/c1-12-2-3-14(15(8-12)21(22)23)19-10-13-4-5-18-16(9-13)20-7-6-17-11-20/h2-9,11,19H,10H2,1H3. The van der Waals surface area contributed by atoms with Crippen LogP contribution < -0.4 is 5.32 Å². The van der Waals surface area contributed by atoms with Crippen LogP contribution in [0.4, 0.5) is 11.4 Å². The monoisotopic (exact) mass is 309 g/mol. The zero-order valence-electron chi connectivity index (χ0n) is 12.5. The molecule has 3 aromatic rings. The molecule has 0 spiro atoms. The highest BCUT2D eigenvalue weighted by atomic mass is 16.6. The zero-order chi connectivity index (χ0) is 16.2. The van der Waals surface area contributed by atoms with E-state index in [4.69, 9.17) is 0 Å². The van der Waals surface area contributed by atoms with Gasteiger partial charge in [0.1, 0.15) is 17.8 Å². The molecule has 0 aliphatic heterocycles. The Balaban J connectivity index is 1.79. The van der Waals surface area contributed by atoms with Gasteiger partial charge < -0.3 is 5.32 Å². The van der Waals surface area contributed by atoms with Gasteiger partial charge in [-0.25, -0.2) is 9.97 Å². The van der Waals surface area contributed by atoms with Crippen molar-refractivity contribution in [3.05, 3.63) is 76.5 Å². The van der Waals surface area contributed by atoms with E-state index in [1.807, 2.05) is 31.3 Å². The molecule has 23 heavy (non-hydrogen) atoms. The molecule has 0 saturated heterocycles. The highest BCUT2D eigenvalue weighted by Gasteiger charge is 2.13. The lowest BCUT2D eigenvalue weighted by Crippen LogP contribution is -2.04. The Labute approximate surface area is 132 Å². The molecule has 1 aromatic carbocycles. The molecular weight excluding hydrogens is 294 g/mol. The summed E-state index contributed by atoms with van der Waals surface area (Å²) in [5.41, 5.74) is 2.41. The van der Waals surface area contributed by atoms with Gasteiger partial charge in [-0.15, -0.1) is 0 Å². The molecule has 0 fully saturated rings. The molecule has 0 saturated carbocycles. The summed E-state index contributed by atoms with van der Waals surface area (Å²) in [6.45, 7) is 2.30. The molecule has 7 nitrogen and oxygen atoms in total. The predicted octanol–water partition coefficient (Wildman–Crippen LogP) is 3.10. The highest BCUT2D eigenvalue weighted by Crippen LogP contribution is 2.25. The molecular formula is C16H15N5O2. The summed E-state index contributed by atoms with van der Waals surface area (Å²) in [5.74, 6) is 0.750. The minimum Gasteiger partial charge on any atom is -0.375 e. The molecule has 0 bridgehead atoms. The lowest BCUT2D eigenvalue weighted by molar-refractivity contribution is -0.384. The first kappa shape index (κ1) is 14.7. The van der Waals surface area contributed by atoms with Crippen LogP contribution in [-0.2, 0) is 6.54 Å². The van der Waals surface area contributed by atoms with Crippen LogP contribution in [0.25, 0.3) is 5.82 Å². The number of aromatic nitrogens is 3. The van der Waals surface area contributed by atoms with Crippen LogP contribution >= 0.6 is 0 Å².